The van der Waals surface area contributed by atoms with E-state index in [1.54, 1.807) is 0 Å². The van der Waals surface area contributed by atoms with Gasteiger partial charge in [-0.1, -0.05) is 24.3 Å². The van der Waals surface area contributed by atoms with Crippen LogP contribution in [0.3, 0.4) is 0 Å². The largest absolute Gasteiger partial charge is 0.491 e. The molecule has 0 atom stereocenters. The second-order valence-electron chi connectivity index (χ2n) is 5.53. The maximum Gasteiger partial charge on any atom is 0.124 e. The molecule has 0 aromatic heterocycles. The predicted molar refractivity (Wildman–Crippen MR) is 86.9 cm³/mol. The van der Waals surface area contributed by atoms with Crippen LogP contribution in [0.4, 0.5) is 5.69 Å². The number of hydrogen-bond donors (Lipinski definition) is 1. The van der Waals surface area contributed by atoms with Crippen LogP contribution in [0.15, 0.2) is 42.5 Å². The molecule has 110 valence electrons. The lowest BCUT2D eigenvalue weighted by Crippen LogP contribution is -2.25. The molecule has 1 heterocycles. The van der Waals surface area contributed by atoms with E-state index in [1.165, 1.54) is 22.4 Å². The van der Waals surface area contributed by atoms with Gasteiger partial charge in [0.1, 0.15) is 12.4 Å². The fraction of sp³-hybridized carbons (Fsp3) is 0.333. The topological polar surface area (TPSA) is 38.5 Å². The number of benzene rings is 2. The van der Waals surface area contributed by atoms with Gasteiger partial charge in [-0.15, -0.1) is 0 Å². The number of hydrogen-bond acceptors (Lipinski definition) is 3. The lowest BCUT2D eigenvalue weighted by Gasteiger charge is -2.23. The zero-order valence-corrected chi connectivity index (χ0v) is 12.5. The first kappa shape index (κ1) is 14.0. The molecule has 1 aliphatic heterocycles. The van der Waals surface area contributed by atoms with Gasteiger partial charge in [0.25, 0.3) is 0 Å². The van der Waals surface area contributed by atoms with Gasteiger partial charge < -0.3 is 15.4 Å². The fourth-order valence-corrected chi connectivity index (χ4v) is 2.86. The molecule has 2 N–H and O–H groups in total. The van der Waals surface area contributed by atoms with Crippen LogP contribution < -0.4 is 15.4 Å². The Morgan fingerprint density at radius 3 is 2.86 bits per heavy atom. The summed E-state index contributed by atoms with van der Waals surface area (Å²) in [6.45, 7) is 5.39. The highest BCUT2D eigenvalue weighted by molar-refractivity contribution is 5.52. The predicted octanol–water partition coefficient (Wildman–Crippen LogP) is 2.90. The van der Waals surface area contributed by atoms with Crippen molar-refractivity contribution in [1.82, 2.24) is 0 Å². The average molecular weight is 282 g/mol. The molecule has 0 radical (unpaired) electrons. The van der Waals surface area contributed by atoms with E-state index in [0.29, 0.717) is 6.54 Å². The van der Waals surface area contributed by atoms with Gasteiger partial charge in [-0.05, 0) is 49.2 Å². The van der Waals surface area contributed by atoms with Crippen molar-refractivity contribution in [2.75, 3.05) is 24.6 Å². The van der Waals surface area contributed by atoms with Crippen LogP contribution in [-0.2, 0) is 13.0 Å². The van der Waals surface area contributed by atoms with E-state index in [0.717, 1.165) is 31.9 Å². The Kier molecular flexibility index (Phi) is 4.11. The first-order valence-electron chi connectivity index (χ1n) is 7.53. The first-order chi connectivity index (χ1) is 10.3. The van der Waals surface area contributed by atoms with E-state index in [-0.39, 0.29) is 0 Å². The van der Waals surface area contributed by atoms with Gasteiger partial charge in [0, 0.05) is 17.8 Å². The number of rotatable bonds is 3. The highest BCUT2D eigenvalue weighted by Crippen LogP contribution is 2.27. The summed E-state index contributed by atoms with van der Waals surface area (Å²) in [4.78, 5) is 2.38. The molecule has 0 fully saturated rings. The molecule has 1 aliphatic rings. The van der Waals surface area contributed by atoms with Crippen molar-refractivity contribution in [2.24, 2.45) is 5.73 Å². The molecular formula is C18H22N2O. The van der Waals surface area contributed by atoms with E-state index in [1.807, 2.05) is 6.07 Å². The molecule has 2 aromatic carbocycles. The van der Waals surface area contributed by atoms with Crippen LogP contribution in [0.1, 0.15) is 16.7 Å². The highest BCUT2D eigenvalue weighted by Gasteiger charge is 2.15. The van der Waals surface area contributed by atoms with Crippen molar-refractivity contribution < 1.29 is 4.74 Å². The molecule has 3 rings (SSSR count). The summed E-state index contributed by atoms with van der Waals surface area (Å²) in [7, 11) is 0. The summed E-state index contributed by atoms with van der Waals surface area (Å²) < 4.78 is 5.83. The number of aryl methyl sites for hydroxylation is 1. The smallest absolute Gasteiger partial charge is 0.124 e. The van der Waals surface area contributed by atoms with Gasteiger partial charge in [0.05, 0.1) is 6.54 Å². The number of anilines is 1. The Balaban J connectivity index is 1.85. The van der Waals surface area contributed by atoms with Crippen LogP contribution in [0.25, 0.3) is 0 Å². The number of fused-ring (bicyclic) bond motifs is 1. The summed E-state index contributed by atoms with van der Waals surface area (Å²) in [5.74, 6) is 1.01. The summed E-state index contributed by atoms with van der Waals surface area (Å²) in [6.07, 6.45) is 0.943. The van der Waals surface area contributed by atoms with Crippen LogP contribution in [0, 0.1) is 6.92 Å². The van der Waals surface area contributed by atoms with Crippen molar-refractivity contribution in [3.8, 4) is 5.75 Å². The number of para-hydroxylation sites is 1. The minimum absolute atomic E-state index is 0.700. The summed E-state index contributed by atoms with van der Waals surface area (Å²) in [5, 5.41) is 0. The normalized spacial score (nSPS) is 14.3. The lowest BCUT2D eigenvalue weighted by atomic mass is 10.0. The third kappa shape index (κ3) is 3.03. The fourth-order valence-electron chi connectivity index (χ4n) is 2.86. The van der Waals surface area contributed by atoms with Crippen LogP contribution in [-0.4, -0.2) is 19.7 Å². The summed E-state index contributed by atoms with van der Waals surface area (Å²) >= 11 is 0. The van der Waals surface area contributed by atoms with Gasteiger partial charge in [0.15, 0.2) is 0 Å². The maximum atomic E-state index is 5.83. The molecule has 0 saturated heterocycles. The minimum Gasteiger partial charge on any atom is -0.491 e. The van der Waals surface area contributed by atoms with Gasteiger partial charge in [-0.3, -0.25) is 0 Å². The Morgan fingerprint density at radius 1 is 1.19 bits per heavy atom. The monoisotopic (exact) mass is 282 g/mol. The van der Waals surface area contributed by atoms with Crippen molar-refractivity contribution in [3.05, 3.63) is 59.2 Å². The van der Waals surface area contributed by atoms with Crippen molar-refractivity contribution in [2.45, 2.75) is 19.9 Å². The molecule has 0 unspecified atom stereocenters. The zero-order valence-electron chi connectivity index (χ0n) is 12.5. The molecule has 0 amide bonds. The van der Waals surface area contributed by atoms with E-state index < -0.39 is 0 Å². The minimum atomic E-state index is 0.700. The summed E-state index contributed by atoms with van der Waals surface area (Å²) in [6, 6.07) is 15.0. The second kappa shape index (κ2) is 6.19. The molecule has 3 heteroatoms. The highest BCUT2D eigenvalue weighted by atomic mass is 16.5. The maximum absolute atomic E-state index is 5.83. The zero-order chi connectivity index (χ0) is 14.7. The number of nitrogens with zero attached hydrogens (tertiary/aromatic N) is 1. The molecule has 21 heavy (non-hydrogen) atoms. The standard InChI is InChI=1S/C18H22N2O/c1-14-12-17(7-6-15(14)8-9-19)20-10-11-21-18-5-3-2-4-16(18)13-20/h2-7,12H,8-11,13,19H2,1H3. The third-order valence-electron chi connectivity index (χ3n) is 4.06. The first-order valence-corrected chi connectivity index (χ1v) is 7.53. The SMILES string of the molecule is Cc1cc(N2CCOc3ccccc3C2)ccc1CCN. The quantitative estimate of drug-likeness (QED) is 0.940. The molecular weight excluding hydrogens is 260 g/mol. The van der Waals surface area contributed by atoms with E-state index in [9.17, 15) is 0 Å². The summed E-state index contributed by atoms with van der Waals surface area (Å²) in [5.41, 5.74) is 10.8. The van der Waals surface area contributed by atoms with Gasteiger partial charge >= 0.3 is 0 Å². The van der Waals surface area contributed by atoms with Gasteiger partial charge in [-0.2, -0.15) is 0 Å². The number of nitrogens with two attached hydrogens (primary N) is 1. The lowest BCUT2D eigenvalue weighted by molar-refractivity contribution is 0.331. The van der Waals surface area contributed by atoms with Gasteiger partial charge in [0.2, 0.25) is 0 Å². The van der Waals surface area contributed by atoms with Crippen molar-refractivity contribution in [3.63, 3.8) is 0 Å². The molecule has 0 saturated carbocycles. The van der Waals surface area contributed by atoms with Gasteiger partial charge in [-0.25, -0.2) is 0 Å². The third-order valence-corrected chi connectivity index (χ3v) is 4.06. The van der Waals surface area contributed by atoms with Crippen LogP contribution >= 0.6 is 0 Å². The number of ether oxygens (including phenoxy) is 1. The second-order valence-corrected chi connectivity index (χ2v) is 5.53. The van der Waals surface area contributed by atoms with E-state index >= 15 is 0 Å². The van der Waals surface area contributed by atoms with Crippen molar-refractivity contribution >= 4 is 5.69 Å². The molecule has 2 aromatic rings. The van der Waals surface area contributed by atoms with Crippen LogP contribution in [0.2, 0.25) is 0 Å². The van der Waals surface area contributed by atoms with E-state index in [4.69, 9.17) is 10.5 Å². The molecule has 0 bridgehead atoms. The Bertz CT molecular complexity index is 624. The molecule has 0 aliphatic carbocycles. The Hall–Kier alpha value is -2.00. The van der Waals surface area contributed by atoms with Crippen molar-refractivity contribution in [1.29, 1.82) is 0 Å². The van der Waals surface area contributed by atoms with Crippen LogP contribution in [0.5, 0.6) is 5.75 Å². The molecule has 0 spiro atoms. The molecule has 3 nitrogen and oxygen atoms in total. The Labute approximate surface area is 126 Å². The Morgan fingerprint density at radius 2 is 2.05 bits per heavy atom. The average Bonchev–Trinajstić information content (AvgIpc) is 2.71. The van der Waals surface area contributed by atoms with E-state index in [2.05, 4.69) is 48.2 Å².